The van der Waals surface area contributed by atoms with E-state index in [0.29, 0.717) is 0 Å². The summed E-state index contributed by atoms with van der Waals surface area (Å²) in [6.07, 6.45) is -2.80. The van der Waals surface area contributed by atoms with Crippen molar-refractivity contribution in [3.05, 3.63) is 17.2 Å². The van der Waals surface area contributed by atoms with Crippen LogP contribution in [0.3, 0.4) is 0 Å². The predicted octanol–water partition coefficient (Wildman–Crippen LogP) is 2.45. The molecule has 2 rings (SSSR count). The molecular formula is C11H12ClF2NO3S. The molecule has 1 aromatic carbocycles. The van der Waals surface area contributed by atoms with Gasteiger partial charge in [-0.05, 0) is 25.0 Å². The Bertz CT molecular complexity index is 600. The number of phenolic OH excluding ortho intramolecular Hbond substituents is 1. The number of sulfone groups is 1. The van der Waals surface area contributed by atoms with Gasteiger partial charge in [0.1, 0.15) is 4.90 Å². The molecule has 0 bridgehead atoms. The first-order chi connectivity index (χ1) is 8.75. The first kappa shape index (κ1) is 14.3. The molecule has 106 valence electrons. The van der Waals surface area contributed by atoms with Crippen LogP contribution >= 0.6 is 11.6 Å². The third kappa shape index (κ3) is 2.36. The monoisotopic (exact) mass is 311 g/mol. The SMILES string of the molecule is Nc1ccc(Cl)c(S(=O)(=O)C2CC(C(F)F)C2)c1O. The van der Waals surface area contributed by atoms with Crippen LogP contribution in [-0.4, -0.2) is 25.2 Å². The number of nitrogens with two attached hydrogens (primary N) is 1. The fraction of sp³-hybridized carbons (Fsp3) is 0.455. The van der Waals surface area contributed by atoms with Crippen LogP contribution < -0.4 is 5.73 Å². The standard InChI is InChI=1S/C11H12ClF2NO3S/c12-7-1-2-8(15)9(16)10(7)19(17,18)6-3-5(4-6)11(13)14/h1-2,5-6,11,16H,3-4,15H2. The second kappa shape index (κ2) is 4.79. The Labute approximate surface area is 114 Å². The van der Waals surface area contributed by atoms with Crippen LogP contribution in [0.15, 0.2) is 17.0 Å². The first-order valence-corrected chi connectivity index (χ1v) is 7.46. The molecule has 0 unspecified atom stereocenters. The van der Waals surface area contributed by atoms with E-state index in [1.807, 2.05) is 0 Å². The highest BCUT2D eigenvalue weighted by Gasteiger charge is 2.45. The van der Waals surface area contributed by atoms with Crippen molar-refractivity contribution in [1.82, 2.24) is 0 Å². The summed E-state index contributed by atoms with van der Waals surface area (Å²) in [6.45, 7) is 0. The lowest BCUT2D eigenvalue weighted by Gasteiger charge is -2.34. The van der Waals surface area contributed by atoms with Crippen LogP contribution in [0.2, 0.25) is 5.02 Å². The van der Waals surface area contributed by atoms with Crippen LogP contribution in [0.25, 0.3) is 0 Å². The van der Waals surface area contributed by atoms with Crippen LogP contribution in [0, 0.1) is 5.92 Å². The summed E-state index contributed by atoms with van der Waals surface area (Å²) in [5.41, 5.74) is 5.31. The molecule has 0 amide bonds. The molecule has 4 nitrogen and oxygen atoms in total. The number of phenols is 1. The Morgan fingerprint density at radius 3 is 2.47 bits per heavy atom. The molecule has 0 saturated heterocycles. The van der Waals surface area contributed by atoms with Gasteiger partial charge < -0.3 is 10.8 Å². The molecule has 19 heavy (non-hydrogen) atoms. The number of aromatic hydroxyl groups is 1. The Morgan fingerprint density at radius 2 is 1.95 bits per heavy atom. The van der Waals surface area contributed by atoms with Crippen molar-refractivity contribution in [2.75, 3.05) is 5.73 Å². The molecule has 1 saturated carbocycles. The summed E-state index contributed by atoms with van der Waals surface area (Å²) in [7, 11) is -3.95. The molecule has 1 aliphatic rings. The molecule has 0 aromatic heterocycles. The van der Waals surface area contributed by atoms with E-state index in [0.717, 1.165) is 0 Å². The molecule has 0 radical (unpaired) electrons. The van der Waals surface area contributed by atoms with Gasteiger partial charge in [0.2, 0.25) is 6.43 Å². The molecule has 1 aromatic rings. The van der Waals surface area contributed by atoms with E-state index in [4.69, 9.17) is 17.3 Å². The minimum Gasteiger partial charge on any atom is -0.504 e. The van der Waals surface area contributed by atoms with E-state index in [-0.39, 0.29) is 23.6 Å². The fourth-order valence-electron chi connectivity index (χ4n) is 2.06. The highest BCUT2D eigenvalue weighted by molar-refractivity contribution is 7.92. The van der Waals surface area contributed by atoms with Gasteiger partial charge in [-0.15, -0.1) is 0 Å². The molecule has 0 spiro atoms. The number of nitrogen functional groups attached to an aromatic ring is 1. The lowest BCUT2D eigenvalue weighted by Crippen LogP contribution is -2.39. The van der Waals surface area contributed by atoms with Gasteiger partial charge in [0, 0.05) is 5.92 Å². The lowest BCUT2D eigenvalue weighted by molar-refractivity contribution is 0.0364. The Balaban J connectivity index is 2.35. The number of halogens is 3. The third-order valence-corrected chi connectivity index (χ3v) is 6.00. The van der Waals surface area contributed by atoms with E-state index >= 15 is 0 Å². The summed E-state index contributed by atoms with van der Waals surface area (Å²) >= 11 is 5.77. The van der Waals surface area contributed by atoms with Gasteiger partial charge in [-0.25, -0.2) is 17.2 Å². The normalized spacial score (nSPS) is 23.4. The maximum atomic E-state index is 12.4. The van der Waals surface area contributed by atoms with Gasteiger partial charge >= 0.3 is 0 Å². The van der Waals surface area contributed by atoms with Crippen molar-refractivity contribution in [2.24, 2.45) is 5.92 Å². The summed E-state index contributed by atoms with van der Waals surface area (Å²) < 4.78 is 49.2. The molecule has 8 heteroatoms. The molecule has 0 aliphatic heterocycles. The molecule has 3 N–H and O–H groups in total. The van der Waals surface area contributed by atoms with E-state index in [2.05, 4.69) is 0 Å². The summed E-state index contributed by atoms with van der Waals surface area (Å²) in [5.74, 6) is -1.53. The van der Waals surface area contributed by atoms with Gasteiger partial charge in [-0.3, -0.25) is 0 Å². The van der Waals surface area contributed by atoms with Gasteiger partial charge in [0.25, 0.3) is 0 Å². The average molecular weight is 312 g/mol. The molecule has 0 heterocycles. The highest BCUT2D eigenvalue weighted by atomic mass is 35.5. The second-order valence-electron chi connectivity index (χ2n) is 4.55. The maximum absolute atomic E-state index is 12.4. The minimum atomic E-state index is -3.95. The average Bonchev–Trinajstić information content (AvgIpc) is 2.20. The van der Waals surface area contributed by atoms with Crippen molar-refractivity contribution in [3.8, 4) is 5.75 Å². The quantitative estimate of drug-likeness (QED) is 0.663. The topological polar surface area (TPSA) is 80.4 Å². The summed E-state index contributed by atoms with van der Waals surface area (Å²) in [5, 5.41) is 8.61. The number of hydrogen-bond donors (Lipinski definition) is 2. The summed E-state index contributed by atoms with van der Waals surface area (Å²) in [6, 6.07) is 2.53. The Morgan fingerprint density at radius 1 is 1.37 bits per heavy atom. The van der Waals surface area contributed by atoms with Crippen LogP contribution in [0.5, 0.6) is 5.75 Å². The first-order valence-electron chi connectivity index (χ1n) is 5.54. The minimum absolute atomic E-state index is 0.118. The number of alkyl halides is 2. The smallest absolute Gasteiger partial charge is 0.241 e. The number of benzene rings is 1. The second-order valence-corrected chi connectivity index (χ2v) is 7.12. The number of rotatable bonds is 3. The third-order valence-electron chi connectivity index (χ3n) is 3.33. The molecule has 0 atom stereocenters. The van der Waals surface area contributed by atoms with Crippen LogP contribution in [0.4, 0.5) is 14.5 Å². The van der Waals surface area contributed by atoms with E-state index in [9.17, 15) is 22.3 Å². The molecular weight excluding hydrogens is 300 g/mol. The van der Waals surface area contributed by atoms with Crippen LogP contribution in [0.1, 0.15) is 12.8 Å². The summed E-state index contributed by atoms with van der Waals surface area (Å²) in [4.78, 5) is -0.466. The zero-order valence-electron chi connectivity index (χ0n) is 9.68. The van der Waals surface area contributed by atoms with Crippen molar-refractivity contribution >= 4 is 27.1 Å². The van der Waals surface area contributed by atoms with Gasteiger partial charge in [0.15, 0.2) is 15.6 Å². The van der Waals surface area contributed by atoms with Gasteiger partial charge in [-0.1, -0.05) is 11.6 Å². The van der Waals surface area contributed by atoms with Crippen molar-refractivity contribution in [1.29, 1.82) is 0 Å². The van der Waals surface area contributed by atoms with Crippen molar-refractivity contribution < 1.29 is 22.3 Å². The fourth-order valence-corrected chi connectivity index (χ4v) is 4.60. The van der Waals surface area contributed by atoms with Gasteiger partial charge in [-0.2, -0.15) is 0 Å². The predicted molar refractivity (Wildman–Crippen MR) is 67.2 cm³/mol. The maximum Gasteiger partial charge on any atom is 0.241 e. The Kier molecular flexibility index (Phi) is 3.61. The van der Waals surface area contributed by atoms with E-state index < -0.39 is 38.1 Å². The number of anilines is 1. The zero-order valence-corrected chi connectivity index (χ0v) is 11.3. The number of hydrogen-bond acceptors (Lipinski definition) is 4. The Hall–Kier alpha value is -1.08. The van der Waals surface area contributed by atoms with Crippen molar-refractivity contribution in [3.63, 3.8) is 0 Å². The van der Waals surface area contributed by atoms with E-state index in [1.54, 1.807) is 0 Å². The van der Waals surface area contributed by atoms with E-state index in [1.165, 1.54) is 12.1 Å². The molecule has 1 fully saturated rings. The van der Waals surface area contributed by atoms with Gasteiger partial charge in [0.05, 0.1) is 16.0 Å². The zero-order chi connectivity index (χ0) is 14.4. The van der Waals surface area contributed by atoms with Crippen molar-refractivity contribution in [2.45, 2.75) is 29.4 Å². The highest BCUT2D eigenvalue weighted by Crippen LogP contribution is 2.44. The largest absolute Gasteiger partial charge is 0.504 e. The molecule has 1 aliphatic carbocycles. The lowest BCUT2D eigenvalue weighted by atomic mass is 9.85. The van der Waals surface area contributed by atoms with Crippen LogP contribution in [-0.2, 0) is 9.84 Å².